The summed E-state index contributed by atoms with van der Waals surface area (Å²) in [6.45, 7) is 7.12. The molecule has 2 aromatic carbocycles. The predicted molar refractivity (Wildman–Crippen MR) is 188 cm³/mol. The highest BCUT2D eigenvalue weighted by atomic mass is 79.9. The number of fused-ring (bicyclic) bond motifs is 1. The summed E-state index contributed by atoms with van der Waals surface area (Å²) in [5.74, 6) is 1.62. The summed E-state index contributed by atoms with van der Waals surface area (Å²) < 4.78 is 8.45. The number of methoxy groups -OCH3 is 1. The zero-order valence-corrected chi connectivity index (χ0v) is 28.9. The number of ether oxygens (including phenoxy) is 1. The number of benzene rings is 2. The lowest BCUT2D eigenvalue weighted by atomic mass is 9.98. The summed E-state index contributed by atoms with van der Waals surface area (Å²) in [6.07, 6.45) is 7.91. The molecule has 0 radical (unpaired) electrons. The summed E-state index contributed by atoms with van der Waals surface area (Å²) in [5.41, 5.74) is 6.33. The minimum absolute atomic E-state index is 0.0112. The van der Waals surface area contributed by atoms with Crippen molar-refractivity contribution >= 4 is 50.7 Å². The minimum Gasteiger partial charge on any atom is -0.494 e. The molecule has 0 bridgehead atoms. The van der Waals surface area contributed by atoms with Crippen LogP contribution >= 0.6 is 15.9 Å². The summed E-state index contributed by atoms with van der Waals surface area (Å²) in [4.78, 5) is 31.5. The van der Waals surface area contributed by atoms with Crippen LogP contribution in [0.15, 0.2) is 53.4 Å². The van der Waals surface area contributed by atoms with E-state index in [0.717, 1.165) is 80.2 Å². The Morgan fingerprint density at radius 1 is 0.957 bits per heavy atom. The molecule has 2 fully saturated rings. The van der Waals surface area contributed by atoms with E-state index in [0.29, 0.717) is 45.8 Å². The van der Waals surface area contributed by atoms with Gasteiger partial charge in [0.05, 0.1) is 34.7 Å². The summed E-state index contributed by atoms with van der Waals surface area (Å²) in [5, 5.41) is 11.2. The van der Waals surface area contributed by atoms with Gasteiger partial charge in [-0.05, 0) is 53.5 Å². The normalized spacial score (nSPS) is 17.7. The van der Waals surface area contributed by atoms with Crippen LogP contribution in [0, 0.1) is 0 Å². The van der Waals surface area contributed by atoms with Gasteiger partial charge in [-0.15, -0.1) is 0 Å². The van der Waals surface area contributed by atoms with Crippen LogP contribution in [0.3, 0.4) is 0 Å². The van der Waals surface area contributed by atoms with Crippen LogP contribution in [0.5, 0.6) is 5.75 Å². The van der Waals surface area contributed by atoms with Gasteiger partial charge in [0.1, 0.15) is 11.6 Å². The fourth-order valence-electron chi connectivity index (χ4n) is 6.92. The number of nitrogens with one attached hydrogen (secondary N) is 2. The van der Waals surface area contributed by atoms with Crippen LogP contribution in [0.1, 0.15) is 28.8 Å². The molecule has 1 amide bonds. The number of hydrogen-bond donors (Lipinski definition) is 2. The Morgan fingerprint density at radius 3 is 2.47 bits per heavy atom. The fourth-order valence-corrected chi connectivity index (χ4v) is 7.21. The van der Waals surface area contributed by atoms with Crippen molar-refractivity contribution in [2.75, 3.05) is 76.0 Å². The first kappa shape index (κ1) is 31.4. The van der Waals surface area contributed by atoms with E-state index in [2.05, 4.69) is 70.5 Å². The molecular formula is C34H41BrN10O2. The number of nitrogens with zero attached hydrogens (tertiary/aromatic N) is 8. The number of likely N-dealkylation sites (N-methyl/N-ethyl adjacent to an activating group) is 1. The van der Waals surface area contributed by atoms with Gasteiger partial charge in [0.2, 0.25) is 5.95 Å². The van der Waals surface area contributed by atoms with Crippen molar-refractivity contribution in [1.29, 1.82) is 0 Å². The fraction of sp³-hybridized carbons (Fsp3) is 0.412. The van der Waals surface area contributed by atoms with Crippen molar-refractivity contribution in [3.8, 4) is 16.9 Å². The molecule has 2 aromatic heterocycles. The van der Waals surface area contributed by atoms with Gasteiger partial charge in [-0.3, -0.25) is 14.4 Å². The maximum Gasteiger partial charge on any atom is 0.256 e. The van der Waals surface area contributed by atoms with Crippen LogP contribution in [0.25, 0.3) is 11.1 Å². The van der Waals surface area contributed by atoms with Crippen molar-refractivity contribution in [3.05, 3.63) is 64.5 Å². The van der Waals surface area contributed by atoms with E-state index in [-0.39, 0.29) is 5.91 Å². The van der Waals surface area contributed by atoms with Crippen molar-refractivity contribution in [3.63, 3.8) is 0 Å². The topological polar surface area (TPSA) is 107 Å². The molecule has 3 aliphatic heterocycles. The molecule has 0 spiro atoms. The second kappa shape index (κ2) is 13.1. The number of carbonyl (C=O) groups is 1. The van der Waals surface area contributed by atoms with E-state index in [9.17, 15) is 4.79 Å². The second-order valence-electron chi connectivity index (χ2n) is 12.7. The summed E-state index contributed by atoms with van der Waals surface area (Å²) in [7, 11) is 7.64. The largest absolute Gasteiger partial charge is 0.494 e. The average Bonchev–Trinajstić information content (AvgIpc) is 3.64. The molecule has 2 N–H and O–H groups in total. The Morgan fingerprint density at radius 2 is 1.74 bits per heavy atom. The Kier molecular flexibility index (Phi) is 8.77. The summed E-state index contributed by atoms with van der Waals surface area (Å²) >= 11 is 3.58. The maximum absolute atomic E-state index is 12.9. The van der Waals surface area contributed by atoms with Crippen LogP contribution in [-0.2, 0) is 13.6 Å². The van der Waals surface area contributed by atoms with Crippen molar-refractivity contribution in [2.24, 2.45) is 7.05 Å². The zero-order valence-electron chi connectivity index (χ0n) is 27.3. The highest BCUT2D eigenvalue weighted by Crippen LogP contribution is 2.42. The molecule has 7 rings (SSSR count). The minimum atomic E-state index is -0.0112. The van der Waals surface area contributed by atoms with E-state index >= 15 is 0 Å². The van der Waals surface area contributed by atoms with E-state index in [1.54, 1.807) is 18.2 Å². The van der Waals surface area contributed by atoms with Crippen LogP contribution in [-0.4, -0.2) is 107 Å². The van der Waals surface area contributed by atoms with Crippen LogP contribution in [0.4, 0.5) is 28.8 Å². The second-order valence-corrected chi connectivity index (χ2v) is 13.5. The third kappa shape index (κ3) is 6.39. The van der Waals surface area contributed by atoms with Gasteiger partial charge in [-0.1, -0.05) is 12.1 Å². The number of hydrogen-bond acceptors (Lipinski definition) is 10. The first-order valence-corrected chi connectivity index (χ1v) is 16.9. The monoisotopic (exact) mass is 700 g/mol. The quantitative estimate of drug-likeness (QED) is 0.263. The van der Waals surface area contributed by atoms with Gasteiger partial charge in [-0.25, -0.2) is 4.98 Å². The SMILES string of the molecule is COc1cc(N2CCC(N3CCN(C)CC3)CC2)c(-c2cnn(C)c2)cc1Nc1ncc(Br)c(Nc2cccc3c2C(=O)N(C)C3)n1. The van der Waals surface area contributed by atoms with E-state index in [1.165, 1.54) is 0 Å². The van der Waals surface area contributed by atoms with E-state index < -0.39 is 0 Å². The smallest absolute Gasteiger partial charge is 0.256 e. The number of aryl methyl sites for hydroxylation is 1. The van der Waals surface area contributed by atoms with E-state index in [1.807, 2.05) is 49.4 Å². The molecule has 13 heteroatoms. The number of piperazine rings is 1. The van der Waals surface area contributed by atoms with E-state index in [4.69, 9.17) is 9.72 Å². The maximum atomic E-state index is 12.9. The molecule has 4 aromatic rings. The average molecular weight is 702 g/mol. The first-order chi connectivity index (χ1) is 22.8. The highest BCUT2D eigenvalue weighted by molar-refractivity contribution is 9.10. The van der Waals surface area contributed by atoms with Crippen molar-refractivity contribution in [1.82, 2.24) is 34.4 Å². The molecule has 0 atom stereocenters. The molecule has 0 aliphatic carbocycles. The number of piperidine rings is 1. The Hall–Kier alpha value is -4.20. The van der Waals surface area contributed by atoms with Gasteiger partial charge < -0.3 is 30.1 Å². The van der Waals surface area contributed by atoms with Gasteiger partial charge in [0, 0.05) is 101 Å². The predicted octanol–water partition coefficient (Wildman–Crippen LogP) is 4.94. The molecule has 0 saturated carbocycles. The molecule has 3 aliphatic rings. The molecule has 5 heterocycles. The lowest BCUT2D eigenvalue weighted by Gasteiger charge is -2.43. The third-order valence-corrected chi connectivity index (χ3v) is 10.1. The molecule has 2 saturated heterocycles. The number of halogens is 1. The van der Waals surface area contributed by atoms with Crippen LogP contribution in [0.2, 0.25) is 0 Å². The first-order valence-electron chi connectivity index (χ1n) is 16.1. The molecule has 12 nitrogen and oxygen atoms in total. The Labute approximate surface area is 283 Å². The van der Waals surface area contributed by atoms with Crippen molar-refractivity contribution < 1.29 is 9.53 Å². The Balaban J connectivity index is 1.16. The lowest BCUT2D eigenvalue weighted by Crippen LogP contribution is -2.52. The number of carbonyl (C=O) groups excluding carboxylic acids is 1. The summed E-state index contributed by atoms with van der Waals surface area (Å²) in [6, 6.07) is 10.7. The van der Waals surface area contributed by atoms with Crippen molar-refractivity contribution in [2.45, 2.75) is 25.4 Å². The number of anilines is 5. The number of amides is 1. The van der Waals surface area contributed by atoms with Crippen LogP contribution < -0.4 is 20.3 Å². The third-order valence-electron chi connectivity index (χ3n) is 9.56. The highest BCUT2D eigenvalue weighted by Gasteiger charge is 2.30. The Bertz CT molecular complexity index is 1780. The lowest BCUT2D eigenvalue weighted by molar-refractivity contribution is 0.0817. The molecule has 0 unspecified atom stereocenters. The molecular weight excluding hydrogens is 660 g/mol. The van der Waals surface area contributed by atoms with Gasteiger partial charge in [0.25, 0.3) is 5.91 Å². The van der Waals surface area contributed by atoms with Gasteiger partial charge in [0.15, 0.2) is 0 Å². The standard InChI is InChI=1S/C34H41BrN10O2/c1-41-12-14-44(15-13-41)24-8-10-45(11-9-24)29-17-30(47-4)28(16-25(29)23-18-37-43(3)21-23)39-34-36-19-26(35)32(40-34)38-27-7-5-6-22-20-42(2)33(46)31(22)27/h5-7,16-19,21,24H,8-15,20H2,1-4H3,(H2,36,38,39,40). The van der Waals surface area contributed by atoms with Gasteiger partial charge in [-0.2, -0.15) is 10.1 Å². The number of rotatable bonds is 8. The zero-order chi connectivity index (χ0) is 32.7. The van der Waals surface area contributed by atoms with Gasteiger partial charge >= 0.3 is 0 Å². The number of aromatic nitrogens is 4. The molecule has 47 heavy (non-hydrogen) atoms. The molecule has 246 valence electrons.